The zero-order valence-electron chi connectivity index (χ0n) is 7.88. The standard InChI is InChI=1S/C10H7FINO2/c1-2-15-10(14)7-4-3-6(5-13)8(11)9(7)12/h3-4H,2H2,1H3. The van der Waals surface area contributed by atoms with Crippen molar-refractivity contribution >= 4 is 28.6 Å². The maximum atomic E-state index is 13.4. The lowest BCUT2D eigenvalue weighted by atomic mass is 10.1. The fraction of sp³-hybridized carbons (Fsp3) is 0.200. The third kappa shape index (κ3) is 2.45. The Hall–Kier alpha value is -1.16. The Morgan fingerprint density at radius 3 is 2.87 bits per heavy atom. The van der Waals surface area contributed by atoms with Gasteiger partial charge in [0.2, 0.25) is 0 Å². The van der Waals surface area contributed by atoms with Crippen molar-refractivity contribution in [1.29, 1.82) is 5.26 Å². The molecule has 0 aliphatic carbocycles. The van der Waals surface area contributed by atoms with Gasteiger partial charge in [-0.15, -0.1) is 0 Å². The summed E-state index contributed by atoms with van der Waals surface area (Å²) in [6, 6.07) is 4.36. The van der Waals surface area contributed by atoms with Crippen molar-refractivity contribution in [3.05, 3.63) is 32.6 Å². The summed E-state index contributed by atoms with van der Waals surface area (Å²) >= 11 is 1.68. The van der Waals surface area contributed by atoms with Crippen LogP contribution in [0.2, 0.25) is 0 Å². The zero-order chi connectivity index (χ0) is 11.4. The first-order valence-electron chi connectivity index (χ1n) is 4.17. The van der Waals surface area contributed by atoms with Gasteiger partial charge in [-0.3, -0.25) is 0 Å². The molecule has 0 saturated carbocycles. The number of hydrogen-bond acceptors (Lipinski definition) is 3. The molecule has 0 aliphatic heterocycles. The number of hydrogen-bond donors (Lipinski definition) is 0. The van der Waals surface area contributed by atoms with Crippen molar-refractivity contribution in [2.45, 2.75) is 6.92 Å². The first kappa shape index (κ1) is 11.9. The highest BCUT2D eigenvalue weighted by atomic mass is 127. The van der Waals surface area contributed by atoms with Crippen LogP contribution in [0, 0.1) is 20.7 Å². The van der Waals surface area contributed by atoms with Crippen LogP contribution in [0.1, 0.15) is 22.8 Å². The summed E-state index contributed by atoms with van der Waals surface area (Å²) < 4.78 is 18.3. The predicted molar refractivity (Wildman–Crippen MR) is 59.8 cm³/mol. The number of carbonyl (C=O) groups excluding carboxylic acids is 1. The van der Waals surface area contributed by atoms with E-state index in [9.17, 15) is 9.18 Å². The molecule has 0 saturated heterocycles. The van der Waals surface area contributed by atoms with Crippen molar-refractivity contribution in [1.82, 2.24) is 0 Å². The van der Waals surface area contributed by atoms with Gasteiger partial charge in [-0.2, -0.15) is 5.26 Å². The van der Waals surface area contributed by atoms with Gasteiger partial charge in [-0.05, 0) is 41.6 Å². The highest BCUT2D eigenvalue weighted by Gasteiger charge is 2.16. The van der Waals surface area contributed by atoms with Gasteiger partial charge in [0.1, 0.15) is 6.07 Å². The molecule has 1 aromatic carbocycles. The van der Waals surface area contributed by atoms with Crippen LogP contribution in [-0.2, 0) is 4.74 Å². The molecule has 0 aliphatic rings. The van der Waals surface area contributed by atoms with Gasteiger partial charge in [0.25, 0.3) is 0 Å². The summed E-state index contributed by atoms with van der Waals surface area (Å²) in [5, 5.41) is 8.57. The van der Waals surface area contributed by atoms with Gasteiger partial charge in [0.15, 0.2) is 5.82 Å². The summed E-state index contributed by atoms with van der Waals surface area (Å²) in [6.45, 7) is 1.90. The van der Waals surface area contributed by atoms with E-state index in [1.807, 2.05) is 0 Å². The van der Waals surface area contributed by atoms with Crippen molar-refractivity contribution in [3.63, 3.8) is 0 Å². The van der Waals surface area contributed by atoms with Crippen molar-refractivity contribution in [3.8, 4) is 6.07 Å². The Morgan fingerprint density at radius 2 is 2.33 bits per heavy atom. The second-order valence-electron chi connectivity index (χ2n) is 2.62. The summed E-state index contributed by atoms with van der Waals surface area (Å²) in [6.07, 6.45) is 0. The van der Waals surface area contributed by atoms with E-state index in [0.29, 0.717) is 0 Å². The van der Waals surface area contributed by atoms with Crippen molar-refractivity contribution in [2.75, 3.05) is 6.61 Å². The van der Waals surface area contributed by atoms with Crippen LogP contribution >= 0.6 is 22.6 Å². The Bertz CT molecular complexity index is 440. The van der Waals surface area contributed by atoms with Crippen LogP contribution < -0.4 is 0 Å². The molecule has 78 valence electrons. The number of rotatable bonds is 2. The third-order valence-corrected chi connectivity index (χ3v) is 2.75. The average molecular weight is 319 g/mol. The molecule has 0 heterocycles. The molecular formula is C10H7FINO2. The summed E-state index contributed by atoms with van der Waals surface area (Å²) in [5.74, 6) is -1.26. The van der Waals surface area contributed by atoms with Crippen LogP contribution in [0.15, 0.2) is 12.1 Å². The van der Waals surface area contributed by atoms with Gasteiger partial charge in [0.05, 0.1) is 21.3 Å². The minimum Gasteiger partial charge on any atom is -0.462 e. The Balaban J connectivity index is 3.19. The molecular weight excluding hydrogens is 312 g/mol. The smallest absolute Gasteiger partial charge is 0.339 e. The molecule has 1 aromatic rings. The molecule has 0 unspecified atom stereocenters. The Labute approximate surface area is 100.0 Å². The number of ether oxygens (including phenoxy) is 1. The van der Waals surface area contributed by atoms with E-state index in [2.05, 4.69) is 0 Å². The second-order valence-corrected chi connectivity index (χ2v) is 3.70. The molecule has 0 spiro atoms. The Morgan fingerprint density at radius 1 is 1.67 bits per heavy atom. The van der Waals surface area contributed by atoms with Crippen molar-refractivity contribution < 1.29 is 13.9 Å². The fourth-order valence-corrected chi connectivity index (χ4v) is 1.69. The second kappa shape index (κ2) is 5.07. The number of nitrogens with zero attached hydrogens (tertiary/aromatic N) is 1. The molecule has 0 bridgehead atoms. The molecule has 0 radical (unpaired) electrons. The van der Waals surface area contributed by atoms with E-state index in [0.717, 1.165) is 0 Å². The van der Waals surface area contributed by atoms with Crippen LogP contribution in [0.4, 0.5) is 4.39 Å². The van der Waals surface area contributed by atoms with Gasteiger partial charge >= 0.3 is 5.97 Å². The van der Waals surface area contributed by atoms with E-state index < -0.39 is 11.8 Å². The predicted octanol–water partition coefficient (Wildman–Crippen LogP) is 2.48. The SMILES string of the molecule is CCOC(=O)c1ccc(C#N)c(F)c1I. The minimum absolute atomic E-state index is 0.0764. The van der Waals surface area contributed by atoms with Crippen LogP contribution in [0.3, 0.4) is 0 Å². The summed E-state index contributed by atoms with van der Waals surface area (Å²) in [5.41, 5.74) is 0.0707. The summed E-state index contributed by atoms with van der Waals surface area (Å²) in [7, 11) is 0. The van der Waals surface area contributed by atoms with E-state index in [1.54, 1.807) is 35.6 Å². The van der Waals surface area contributed by atoms with E-state index in [4.69, 9.17) is 10.00 Å². The monoisotopic (exact) mass is 319 g/mol. The number of halogens is 2. The van der Waals surface area contributed by atoms with Gasteiger partial charge in [0, 0.05) is 0 Å². The maximum absolute atomic E-state index is 13.4. The van der Waals surface area contributed by atoms with Gasteiger partial charge in [-0.25, -0.2) is 9.18 Å². The molecule has 0 amide bonds. The normalized spacial score (nSPS) is 9.47. The number of esters is 1. The van der Waals surface area contributed by atoms with Crippen LogP contribution in [0.25, 0.3) is 0 Å². The molecule has 5 heteroatoms. The lowest BCUT2D eigenvalue weighted by Gasteiger charge is -2.05. The van der Waals surface area contributed by atoms with Gasteiger partial charge < -0.3 is 4.74 Å². The molecule has 0 N–H and O–H groups in total. The topological polar surface area (TPSA) is 50.1 Å². The molecule has 3 nitrogen and oxygen atoms in total. The van der Waals surface area contributed by atoms with Crippen LogP contribution in [-0.4, -0.2) is 12.6 Å². The quantitative estimate of drug-likeness (QED) is 0.622. The number of carbonyl (C=O) groups is 1. The fourth-order valence-electron chi connectivity index (χ4n) is 1.00. The first-order valence-corrected chi connectivity index (χ1v) is 5.25. The molecule has 15 heavy (non-hydrogen) atoms. The average Bonchev–Trinajstić information content (AvgIpc) is 2.22. The lowest BCUT2D eigenvalue weighted by molar-refractivity contribution is 0.0524. The highest BCUT2D eigenvalue weighted by molar-refractivity contribution is 14.1. The van der Waals surface area contributed by atoms with Crippen molar-refractivity contribution in [2.24, 2.45) is 0 Å². The molecule has 0 aromatic heterocycles. The number of benzene rings is 1. The zero-order valence-corrected chi connectivity index (χ0v) is 10.0. The highest BCUT2D eigenvalue weighted by Crippen LogP contribution is 2.20. The maximum Gasteiger partial charge on any atom is 0.339 e. The molecule has 0 atom stereocenters. The number of nitriles is 1. The third-order valence-electron chi connectivity index (χ3n) is 1.70. The molecule has 0 fully saturated rings. The largest absolute Gasteiger partial charge is 0.462 e. The van der Waals surface area contributed by atoms with E-state index in [1.165, 1.54) is 12.1 Å². The lowest BCUT2D eigenvalue weighted by Crippen LogP contribution is -2.08. The first-order chi connectivity index (χ1) is 7.11. The minimum atomic E-state index is -0.677. The summed E-state index contributed by atoms with van der Waals surface area (Å²) in [4.78, 5) is 11.3. The van der Waals surface area contributed by atoms with E-state index >= 15 is 0 Å². The van der Waals surface area contributed by atoms with E-state index in [-0.39, 0.29) is 21.3 Å². The molecule has 1 rings (SSSR count). The Kier molecular flexibility index (Phi) is 4.03. The van der Waals surface area contributed by atoms with Gasteiger partial charge in [-0.1, -0.05) is 0 Å². The van der Waals surface area contributed by atoms with Crippen LogP contribution in [0.5, 0.6) is 0 Å².